The number of rotatable bonds is 1. The van der Waals surface area contributed by atoms with E-state index in [4.69, 9.17) is 16.3 Å². The van der Waals surface area contributed by atoms with Crippen LogP contribution in [0.25, 0.3) is 5.57 Å². The molecule has 0 spiro atoms. The molecule has 0 bridgehead atoms. The Labute approximate surface area is 114 Å². The molecule has 0 unspecified atom stereocenters. The number of allylic oxidation sites excluding steroid dienone is 1. The molecular formula is C13H7ClN4O. The van der Waals surface area contributed by atoms with E-state index in [0.29, 0.717) is 17.3 Å². The molecule has 1 N–H and O–H groups in total. The van der Waals surface area contributed by atoms with Crippen molar-refractivity contribution in [1.82, 2.24) is 9.97 Å². The molecule has 3 rings (SSSR count). The van der Waals surface area contributed by atoms with E-state index in [-0.39, 0.29) is 10.7 Å². The molecule has 1 aromatic carbocycles. The van der Waals surface area contributed by atoms with Crippen LogP contribution >= 0.6 is 11.6 Å². The Morgan fingerprint density at radius 1 is 1.32 bits per heavy atom. The summed E-state index contributed by atoms with van der Waals surface area (Å²) in [5.74, 6) is 1.02. The van der Waals surface area contributed by atoms with E-state index in [9.17, 15) is 5.26 Å². The third-order valence-corrected chi connectivity index (χ3v) is 2.78. The van der Waals surface area contributed by atoms with Crippen LogP contribution in [0.15, 0.2) is 42.5 Å². The Morgan fingerprint density at radius 3 is 2.89 bits per heavy atom. The van der Waals surface area contributed by atoms with E-state index in [1.165, 1.54) is 12.4 Å². The quantitative estimate of drug-likeness (QED) is 0.637. The summed E-state index contributed by atoms with van der Waals surface area (Å²) < 4.78 is 5.60. The number of nitrogens with one attached hydrogen (secondary N) is 1. The van der Waals surface area contributed by atoms with Gasteiger partial charge in [0.05, 0.1) is 11.4 Å². The number of hydrogen-bond donors (Lipinski definition) is 1. The molecule has 0 fully saturated rings. The van der Waals surface area contributed by atoms with Gasteiger partial charge in [-0.3, -0.25) is 0 Å². The lowest BCUT2D eigenvalue weighted by Crippen LogP contribution is -2.03. The summed E-state index contributed by atoms with van der Waals surface area (Å²) in [6.07, 6.45) is 1.30. The van der Waals surface area contributed by atoms with Crippen LogP contribution < -0.4 is 10.1 Å². The molecule has 19 heavy (non-hydrogen) atoms. The third kappa shape index (κ3) is 2.09. The van der Waals surface area contributed by atoms with Gasteiger partial charge in [-0.15, -0.1) is 0 Å². The maximum Gasteiger partial charge on any atom is 0.218 e. The highest BCUT2D eigenvalue weighted by Gasteiger charge is 2.21. The molecule has 1 aromatic heterocycles. The Kier molecular flexibility index (Phi) is 2.78. The van der Waals surface area contributed by atoms with Crippen LogP contribution in [-0.2, 0) is 0 Å². The zero-order valence-corrected chi connectivity index (χ0v) is 10.3. The molecule has 0 atom stereocenters. The van der Waals surface area contributed by atoms with Crippen LogP contribution in [0.5, 0.6) is 5.75 Å². The van der Waals surface area contributed by atoms with E-state index in [2.05, 4.69) is 21.4 Å². The molecule has 1 aliphatic rings. The number of fused-ring (bicyclic) bond motifs is 1. The van der Waals surface area contributed by atoms with Gasteiger partial charge in [-0.1, -0.05) is 23.7 Å². The van der Waals surface area contributed by atoms with Crippen molar-refractivity contribution >= 4 is 22.9 Å². The van der Waals surface area contributed by atoms with Crippen molar-refractivity contribution in [2.45, 2.75) is 0 Å². The van der Waals surface area contributed by atoms with Crippen LogP contribution in [0.2, 0.25) is 5.15 Å². The maximum atomic E-state index is 9.28. The van der Waals surface area contributed by atoms with Crippen molar-refractivity contribution in [2.24, 2.45) is 0 Å². The molecule has 0 aliphatic carbocycles. The Balaban J connectivity index is 2.06. The Hall–Kier alpha value is -2.58. The molecule has 0 saturated carbocycles. The summed E-state index contributed by atoms with van der Waals surface area (Å²) >= 11 is 5.80. The van der Waals surface area contributed by atoms with Gasteiger partial charge in [-0.05, 0) is 12.1 Å². The van der Waals surface area contributed by atoms with Gasteiger partial charge in [-0.25, -0.2) is 9.97 Å². The highest BCUT2D eigenvalue weighted by Crippen LogP contribution is 2.35. The minimum absolute atomic E-state index is 0.272. The van der Waals surface area contributed by atoms with Gasteiger partial charge < -0.3 is 10.1 Å². The van der Waals surface area contributed by atoms with Gasteiger partial charge >= 0.3 is 0 Å². The van der Waals surface area contributed by atoms with E-state index < -0.39 is 0 Å². The summed E-state index contributed by atoms with van der Waals surface area (Å²) in [6, 6.07) is 11.0. The normalized spacial score (nSPS) is 14.9. The number of hydrogen-bond acceptors (Lipinski definition) is 5. The molecule has 6 heteroatoms. The third-order valence-electron chi connectivity index (χ3n) is 2.58. The van der Waals surface area contributed by atoms with Crippen LogP contribution in [0, 0.1) is 11.3 Å². The number of aromatic nitrogens is 2. The zero-order valence-electron chi connectivity index (χ0n) is 9.59. The summed E-state index contributed by atoms with van der Waals surface area (Å²) in [4.78, 5) is 7.81. The van der Waals surface area contributed by atoms with E-state index in [1.54, 1.807) is 0 Å². The predicted octanol–water partition coefficient (Wildman–Crippen LogP) is 2.83. The van der Waals surface area contributed by atoms with Crippen molar-refractivity contribution in [3.63, 3.8) is 0 Å². The van der Waals surface area contributed by atoms with Crippen LogP contribution in [0.1, 0.15) is 5.69 Å². The molecule has 1 aliphatic heterocycles. The van der Waals surface area contributed by atoms with Crippen molar-refractivity contribution in [1.29, 1.82) is 5.26 Å². The van der Waals surface area contributed by atoms with E-state index >= 15 is 0 Å². The second-order valence-electron chi connectivity index (χ2n) is 3.77. The molecule has 2 aromatic rings. The minimum Gasteiger partial charge on any atom is -0.437 e. The van der Waals surface area contributed by atoms with Gasteiger partial charge in [-0.2, -0.15) is 5.26 Å². The maximum absolute atomic E-state index is 9.28. The number of ether oxygens (including phenoxy) is 1. The summed E-state index contributed by atoms with van der Waals surface area (Å²) in [6.45, 7) is 0. The Morgan fingerprint density at radius 2 is 2.16 bits per heavy atom. The fourth-order valence-electron chi connectivity index (χ4n) is 1.72. The molecule has 0 amide bonds. The van der Waals surface area contributed by atoms with Gasteiger partial charge in [0, 0.05) is 6.07 Å². The number of nitrogens with zero attached hydrogens (tertiary/aromatic N) is 3. The lowest BCUT2D eigenvalue weighted by Gasteiger charge is -2.03. The lowest BCUT2D eigenvalue weighted by molar-refractivity contribution is 0.460. The second-order valence-corrected chi connectivity index (χ2v) is 4.15. The van der Waals surface area contributed by atoms with Crippen molar-refractivity contribution < 1.29 is 4.74 Å². The number of benzene rings is 1. The minimum atomic E-state index is 0.272. The zero-order chi connectivity index (χ0) is 13.2. The first-order chi connectivity index (χ1) is 9.28. The number of para-hydroxylation sites is 2. The van der Waals surface area contributed by atoms with Gasteiger partial charge in [0.25, 0.3) is 0 Å². The fourth-order valence-corrected chi connectivity index (χ4v) is 1.87. The molecule has 92 valence electrons. The largest absolute Gasteiger partial charge is 0.437 e. The predicted molar refractivity (Wildman–Crippen MR) is 70.3 cm³/mol. The highest BCUT2D eigenvalue weighted by molar-refractivity contribution is 6.29. The second kappa shape index (κ2) is 4.59. The standard InChI is InChI=1S/C13H7ClN4O/c14-12-5-10(16-7-17-12)8(6-15)13-18-9-3-1-2-4-11(9)19-13/h1-5,7,18H/b13-8-. The fraction of sp³-hybridized carbons (Fsp3) is 0. The Bertz CT molecular complexity index is 694. The number of anilines is 1. The molecular weight excluding hydrogens is 264 g/mol. The highest BCUT2D eigenvalue weighted by atomic mass is 35.5. The van der Waals surface area contributed by atoms with Crippen LogP contribution in [0.3, 0.4) is 0 Å². The summed E-state index contributed by atoms with van der Waals surface area (Å²) in [5.41, 5.74) is 1.50. The average Bonchev–Trinajstić information content (AvgIpc) is 2.83. The average molecular weight is 271 g/mol. The first kappa shape index (κ1) is 11.5. The van der Waals surface area contributed by atoms with Gasteiger partial charge in [0.1, 0.15) is 23.1 Å². The van der Waals surface area contributed by atoms with Crippen LogP contribution in [-0.4, -0.2) is 9.97 Å². The summed E-state index contributed by atoms with van der Waals surface area (Å²) in [5, 5.41) is 12.6. The van der Waals surface area contributed by atoms with Crippen molar-refractivity contribution in [3.8, 4) is 11.8 Å². The monoisotopic (exact) mass is 270 g/mol. The smallest absolute Gasteiger partial charge is 0.218 e. The van der Waals surface area contributed by atoms with E-state index in [0.717, 1.165) is 5.69 Å². The molecule has 5 nitrogen and oxygen atoms in total. The molecule has 0 radical (unpaired) electrons. The lowest BCUT2D eigenvalue weighted by atomic mass is 10.2. The van der Waals surface area contributed by atoms with Crippen molar-refractivity contribution in [2.75, 3.05) is 5.32 Å². The van der Waals surface area contributed by atoms with E-state index in [1.807, 2.05) is 24.3 Å². The molecule has 0 saturated heterocycles. The first-order valence-corrected chi connectivity index (χ1v) is 5.82. The SMILES string of the molecule is N#C/C(=C1\Nc2ccccc2O1)c1cc(Cl)ncn1. The summed E-state index contributed by atoms with van der Waals surface area (Å²) in [7, 11) is 0. The molecule has 2 heterocycles. The van der Waals surface area contributed by atoms with Crippen molar-refractivity contribution in [3.05, 3.63) is 53.4 Å². The van der Waals surface area contributed by atoms with Crippen LogP contribution in [0.4, 0.5) is 5.69 Å². The number of halogens is 1. The topological polar surface area (TPSA) is 70.8 Å². The van der Waals surface area contributed by atoms with Gasteiger partial charge in [0.2, 0.25) is 5.88 Å². The number of nitriles is 1. The van der Waals surface area contributed by atoms with Gasteiger partial charge in [0.15, 0.2) is 5.75 Å². The first-order valence-electron chi connectivity index (χ1n) is 5.44.